The van der Waals surface area contributed by atoms with Crippen LogP contribution >= 0.6 is 0 Å². The van der Waals surface area contributed by atoms with E-state index in [1.807, 2.05) is 48.5 Å². The molecule has 0 aliphatic heterocycles. The molecule has 4 saturated carbocycles. The second-order valence-corrected chi connectivity index (χ2v) is 13.6. The average molecular weight is 501 g/mol. The summed E-state index contributed by atoms with van der Waals surface area (Å²) in [6.07, 6.45) is 5.17. The largest absolute Gasteiger partial charge is 0.509 e. The van der Waals surface area contributed by atoms with Gasteiger partial charge in [0.05, 0.1) is 5.41 Å². The SMILES string of the molecule is CC1C[C@H]2[C@@H]3CCC4=CC(O)=CC(=O)[C@]4(C)[C@H]3CC[C@]2(C)[C@@]1(OC(=O)OC1C(C)(C)C1(C)C)C(=O)O. The summed E-state index contributed by atoms with van der Waals surface area (Å²) in [6, 6.07) is 0. The highest BCUT2D eigenvalue weighted by Gasteiger charge is 2.74. The van der Waals surface area contributed by atoms with Gasteiger partial charge in [-0.1, -0.05) is 47.1 Å². The van der Waals surface area contributed by atoms with Gasteiger partial charge in [0.15, 0.2) is 5.78 Å². The lowest BCUT2D eigenvalue weighted by Gasteiger charge is -2.57. The molecule has 0 amide bonds. The number of carbonyl (C=O) groups excluding carboxylic acids is 2. The number of carbonyl (C=O) groups is 3. The maximum atomic E-state index is 13.2. The predicted molar refractivity (Wildman–Crippen MR) is 132 cm³/mol. The smallest absolute Gasteiger partial charge is 0.508 e. The third kappa shape index (κ3) is 2.89. The molecule has 36 heavy (non-hydrogen) atoms. The van der Waals surface area contributed by atoms with Gasteiger partial charge in [-0.05, 0) is 62.9 Å². The van der Waals surface area contributed by atoms with Crippen molar-refractivity contribution in [2.24, 2.45) is 45.3 Å². The van der Waals surface area contributed by atoms with Crippen LogP contribution in [0.4, 0.5) is 4.79 Å². The molecule has 0 aromatic rings. The highest BCUT2D eigenvalue weighted by molar-refractivity contribution is 5.99. The summed E-state index contributed by atoms with van der Waals surface area (Å²) < 4.78 is 11.7. The van der Waals surface area contributed by atoms with Crippen LogP contribution < -0.4 is 0 Å². The number of carboxylic acids is 1. The second kappa shape index (κ2) is 7.38. The normalized spacial score (nSPS) is 44.4. The van der Waals surface area contributed by atoms with Crippen LogP contribution in [0.25, 0.3) is 0 Å². The van der Waals surface area contributed by atoms with Gasteiger partial charge in [0.1, 0.15) is 11.9 Å². The molecule has 7 nitrogen and oxygen atoms in total. The lowest BCUT2D eigenvalue weighted by atomic mass is 9.46. The molecule has 0 saturated heterocycles. The number of ether oxygens (including phenoxy) is 2. The van der Waals surface area contributed by atoms with Crippen LogP contribution in [-0.2, 0) is 19.1 Å². The van der Waals surface area contributed by atoms with E-state index in [0.717, 1.165) is 12.0 Å². The second-order valence-electron chi connectivity index (χ2n) is 13.6. The van der Waals surface area contributed by atoms with Crippen molar-refractivity contribution < 1.29 is 34.1 Å². The standard InChI is InChI=1S/C29H40O7/c1-15-12-20-18-9-8-16-13-17(30)14-21(31)28(16,7)19(18)10-11-27(20,6)29(15,23(32)33)36-24(34)35-22-25(2,3)26(22,4)5/h13-15,18-20,22,30H,8-12H2,1-7H3,(H,32,33)/t15?,18-,19+,20+,27+,28+,29+/m1/s1. The summed E-state index contributed by atoms with van der Waals surface area (Å²) in [4.78, 5) is 39.3. The van der Waals surface area contributed by atoms with Crippen LogP contribution in [0.3, 0.4) is 0 Å². The van der Waals surface area contributed by atoms with Gasteiger partial charge in [-0.25, -0.2) is 9.59 Å². The molecule has 0 aromatic carbocycles. The lowest BCUT2D eigenvalue weighted by Crippen LogP contribution is -2.61. The molecule has 0 radical (unpaired) electrons. The van der Waals surface area contributed by atoms with Crippen LogP contribution in [0.2, 0.25) is 0 Å². The number of aliphatic hydroxyl groups is 1. The number of aliphatic carboxylic acids is 1. The van der Waals surface area contributed by atoms with E-state index in [9.17, 15) is 24.6 Å². The van der Waals surface area contributed by atoms with Crippen molar-refractivity contribution >= 4 is 17.9 Å². The summed E-state index contributed by atoms with van der Waals surface area (Å²) >= 11 is 0. The fourth-order valence-corrected chi connectivity index (χ4v) is 9.02. The summed E-state index contributed by atoms with van der Waals surface area (Å²) in [5.74, 6) is -1.38. The first-order valence-corrected chi connectivity index (χ1v) is 13.3. The Morgan fingerprint density at radius 2 is 1.64 bits per heavy atom. The quantitative estimate of drug-likeness (QED) is 0.469. The molecule has 5 rings (SSSR count). The van der Waals surface area contributed by atoms with Crippen LogP contribution in [0.15, 0.2) is 23.5 Å². The van der Waals surface area contributed by atoms with Crippen molar-refractivity contribution in [3.05, 3.63) is 23.5 Å². The molecule has 7 atom stereocenters. The number of ketones is 1. The number of fused-ring (bicyclic) bond motifs is 5. The minimum Gasteiger partial charge on any atom is -0.508 e. The minimum absolute atomic E-state index is 0.00497. The number of aliphatic hydroxyl groups excluding tert-OH is 1. The van der Waals surface area contributed by atoms with E-state index < -0.39 is 34.5 Å². The number of allylic oxidation sites excluding steroid dienone is 3. The molecule has 4 fully saturated rings. The van der Waals surface area contributed by atoms with Crippen molar-refractivity contribution in [3.8, 4) is 0 Å². The van der Waals surface area contributed by atoms with Gasteiger partial charge in [0.2, 0.25) is 5.60 Å². The van der Waals surface area contributed by atoms with Gasteiger partial charge < -0.3 is 19.7 Å². The zero-order valence-corrected chi connectivity index (χ0v) is 22.5. The minimum atomic E-state index is -1.69. The highest BCUT2D eigenvalue weighted by atomic mass is 16.7. The molecule has 5 aliphatic rings. The van der Waals surface area contributed by atoms with Gasteiger partial charge in [-0.3, -0.25) is 4.79 Å². The molecule has 0 heterocycles. The Morgan fingerprint density at radius 1 is 1.00 bits per heavy atom. The summed E-state index contributed by atoms with van der Waals surface area (Å²) in [5, 5.41) is 20.7. The van der Waals surface area contributed by atoms with E-state index in [1.165, 1.54) is 6.08 Å². The summed E-state index contributed by atoms with van der Waals surface area (Å²) in [6.45, 7) is 13.9. The highest BCUT2D eigenvalue weighted by Crippen LogP contribution is 2.69. The third-order valence-electron chi connectivity index (χ3n) is 11.9. The third-order valence-corrected chi connectivity index (χ3v) is 11.9. The van der Waals surface area contributed by atoms with Gasteiger partial charge in [-0.2, -0.15) is 0 Å². The Balaban J connectivity index is 1.45. The van der Waals surface area contributed by atoms with Crippen LogP contribution in [-0.4, -0.2) is 39.8 Å². The molecule has 5 aliphatic carbocycles. The van der Waals surface area contributed by atoms with Gasteiger partial charge >= 0.3 is 12.1 Å². The van der Waals surface area contributed by atoms with Crippen molar-refractivity contribution in [3.63, 3.8) is 0 Å². The van der Waals surface area contributed by atoms with E-state index in [2.05, 4.69) is 0 Å². The monoisotopic (exact) mass is 500 g/mol. The molecular weight excluding hydrogens is 460 g/mol. The molecule has 0 bridgehead atoms. The Hall–Kier alpha value is -2.31. The molecule has 2 N–H and O–H groups in total. The Kier molecular flexibility index (Phi) is 5.20. The first kappa shape index (κ1) is 25.3. The number of hydrogen-bond acceptors (Lipinski definition) is 6. The van der Waals surface area contributed by atoms with E-state index in [4.69, 9.17) is 9.47 Å². The summed E-state index contributed by atoms with van der Waals surface area (Å²) in [7, 11) is 0. The zero-order chi connectivity index (χ0) is 26.6. The number of carboxylic acid groups (broad SMARTS) is 1. The molecule has 198 valence electrons. The summed E-state index contributed by atoms with van der Waals surface area (Å²) in [5.41, 5.74) is -2.58. The topological polar surface area (TPSA) is 110 Å². The maximum Gasteiger partial charge on any atom is 0.509 e. The van der Waals surface area contributed by atoms with E-state index >= 15 is 0 Å². The lowest BCUT2D eigenvalue weighted by molar-refractivity contribution is -0.193. The molecular formula is C29H40O7. The Bertz CT molecular complexity index is 1080. The molecule has 0 aromatic heterocycles. The first-order valence-electron chi connectivity index (χ1n) is 13.3. The Labute approximate surface area is 213 Å². The zero-order valence-electron chi connectivity index (χ0n) is 22.5. The van der Waals surface area contributed by atoms with Crippen LogP contribution in [0.1, 0.15) is 80.6 Å². The van der Waals surface area contributed by atoms with Crippen LogP contribution in [0, 0.1) is 45.3 Å². The molecule has 1 unspecified atom stereocenters. The van der Waals surface area contributed by atoms with E-state index in [-0.39, 0.29) is 46.2 Å². The Morgan fingerprint density at radius 3 is 2.22 bits per heavy atom. The maximum absolute atomic E-state index is 13.2. The van der Waals surface area contributed by atoms with Crippen molar-refractivity contribution in [2.75, 3.05) is 0 Å². The first-order chi connectivity index (χ1) is 16.5. The van der Waals surface area contributed by atoms with Gasteiger partial charge in [-0.15, -0.1) is 0 Å². The van der Waals surface area contributed by atoms with E-state index in [1.54, 1.807) is 6.08 Å². The van der Waals surface area contributed by atoms with E-state index in [0.29, 0.717) is 25.7 Å². The average Bonchev–Trinajstić information content (AvgIpc) is 3.02. The predicted octanol–water partition coefficient (Wildman–Crippen LogP) is 5.84. The number of rotatable bonds is 3. The van der Waals surface area contributed by atoms with Crippen molar-refractivity contribution in [1.82, 2.24) is 0 Å². The van der Waals surface area contributed by atoms with Crippen LogP contribution in [0.5, 0.6) is 0 Å². The van der Waals surface area contributed by atoms with Crippen molar-refractivity contribution in [1.29, 1.82) is 0 Å². The molecule has 7 heteroatoms. The molecule has 0 spiro atoms. The van der Waals surface area contributed by atoms with Gasteiger partial charge in [0.25, 0.3) is 0 Å². The van der Waals surface area contributed by atoms with Crippen molar-refractivity contribution in [2.45, 2.75) is 92.3 Å². The fourth-order valence-electron chi connectivity index (χ4n) is 9.02. The number of hydrogen-bond donors (Lipinski definition) is 2. The fraction of sp³-hybridized carbons (Fsp3) is 0.759. The van der Waals surface area contributed by atoms with Gasteiger partial charge in [0, 0.05) is 28.2 Å².